The van der Waals surface area contributed by atoms with Crippen LogP contribution in [0.3, 0.4) is 0 Å². The van der Waals surface area contributed by atoms with Crippen molar-refractivity contribution in [1.82, 2.24) is 10.2 Å². The summed E-state index contributed by atoms with van der Waals surface area (Å²) in [5.41, 5.74) is 1.31. The lowest BCUT2D eigenvalue weighted by Gasteiger charge is -2.42. The highest BCUT2D eigenvalue weighted by Crippen LogP contribution is 2.18. The quantitative estimate of drug-likeness (QED) is 0.903. The highest BCUT2D eigenvalue weighted by Gasteiger charge is 2.31. The van der Waals surface area contributed by atoms with E-state index in [1.165, 1.54) is 5.56 Å². The van der Waals surface area contributed by atoms with Crippen LogP contribution in [0.5, 0.6) is 0 Å². The summed E-state index contributed by atoms with van der Waals surface area (Å²) in [7, 11) is 0. The van der Waals surface area contributed by atoms with Crippen LogP contribution in [-0.2, 0) is 11.2 Å². The van der Waals surface area contributed by atoms with Gasteiger partial charge in [0, 0.05) is 31.6 Å². The molecule has 1 N–H and O–H groups in total. The molecule has 21 heavy (non-hydrogen) atoms. The molecule has 1 saturated heterocycles. The van der Waals surface area contributed by atoms with Crippen LogP contribution in [0.25, 0.3) is 0 Å². The molecule has 2 unspecified atom stereocenters. The van der Waals surface area contributed by atoms with Crippen LogP contribution in [0.4, 0.5) is 0 Å². The van der Waals surface area contributed by atoms with Gasteiger partial charge in [0.25, 0.3) is 0 Å². The van der Waals surface area contributed by atoms with Crippen LogP contribution in [0.1, 0.15) is 39.2 Å². The number of hydrogen-bond donors (Lipinski definition) is 1. The first-order valence-corrected chi connectivity index (χ1v) is 8.18. The molecule has 1 amide bonds. The van der Waals surface area contributed by atoms with E-state index in [9.17, 15) is 4.79 Å². The molecule has 0 radical (unpaired) electrons. The van der Waals surface area contributed by atoms with Crippen molar-refractivity contribution in [3.63, 3.8) is 0 Å². The Hall–Kier alpha value is -1.35. The van der Waals surface area contributed by atoms with Gasteiger partial charge in [-0.1, -0.05) is 51.1 Å². The summed E-state index contributed by atoms with van der Waals surface area (Å²) in [6.45, 7) is 8.25. The Morgan fingerprint density at radius 1 is 1.33 bits per heavy atom. The van der Waals surface area contributed by atoms with Crippen LogP contribution in [-0.4, -0.2) is 36.0 Å². The van der Waals surface area contributed by atoms with E-state index in [0.29, 0.717) is 24.3 Å². The molecule has 0 aromatic heterocycles. The van der Waals surface area contributed by atoms with Crippen LogP contribution in [0, 0.1) is 5.92 Å². The second-order valence-electron chi connectivity index (χ2n) is 6.40. The summed E-state index contributed by atoms with van der Waals surface area (Å²) in [4.78, 5) is 14.6. The second kappa shape index (κ2) is 7.60. The molecule has 1 heterocycles. The Balaban J connectivity index is 2.08. The lowest BCUT2D eigenvalue weighted by molar-refractivity contribution is -0.135. The minimum atomic E-state index is 0.279. The van der Waals surface area contributed by atoms with E-state index < -0.39 is 0 Å². The molecule has 3 heteroatoms. The predicted molar refractivity (Wildman–Crippen MR) is 87.2 cm³/mol. The van der Waals surface area contributed by atoms with Gasteiger partial charge in [0.2, 0.25) is 5.91 Å². The number of carbonyl (C=O) groups excluding carboxylic acids is 1. The first-order valence-electron chi connectivity index (χ1n) is 8.18. The molecular formula is C18H28N2O. The van der Waals surface area contributed by atoms with Crippen LogP contribution in [0.2, 0.25) is 0 Å². The first-order chi connectivity index (χ1) is 10.1. The number of nitrogens with zero attached hydrogens (tertiary/aromatic N) is 1. The molecule has 2 atom stereocenters. The molecule has 2 rings (SSSR count). The predicted octanol–water partition coefficient (Wildman–Crippen LogP) is 2.85. The van der Waals surface area contributed by atoms with Gasteiger partial charge in [0.05, 0.1) is 0 Å². The van der Waals surface area contributed by atoms with Gasteiger partial charge in [-0.3, -0.25) is 4.79 Å². The maximum atomic E-state index is 12.5. The number of nitrogens with one attached hydrogen (secondary N) is 1. The Morgan fingerprint density at radius 2 is 2.05 bits per heavy atom. The summed E-state index contributed by atoms with van der Waals surface area (Å²) in [5, 5.41) is 3.62. The van der Waals surface area contributed by atoms with E-state index in [2.05, 4.69) is 55.3 Å². The smallest absolute Gasteiger partial charge is 0.222 e. The molecule has 1 aromatic rings. The monoisotopic (exact) mass is 288 g/mol. The third-order valence-corrected chi connectivity index (χ3v) is 4.35. The average molecular weight is 288 g/mol. The number of amides is 1. The maximum Gasteiger partial charge on any atom is 0.222 e. The van der Waals surface area contributed by atoms with E-state index >= 15 is 0 Å². The van der Waals surface area contributed by atoms with Gasteiger partial charge in [-0.15, -0.1) is 0 Å². The van der Waals surface area contributed by atoms with Crippen LogP contribution in [0.15, 0.2) is 30.3 Å². The molecule has 1 aliphatic rings. The third kappa shape index (κ3) is 4.31. The number of carbonyl (C=O) groups is 1. The fraction of sp³-hybridized carbons (Fsp3) is 0.611. The molecule has 3 nitrogen and oxygen atoms in total. The normalized spacial score (nSPS) is 22.6. The summed E-state index contributed by atoms with van der Waals surface area (Å²) in [6, 6.07) is 11.2. The second-order valence-corrected chi connectivity index (χ2v) is 6.40. The van der Waals surface area contributed by atoms with Gasteiger partial charge in [-0.25, -0.2) is 0 Å². The molecule has 1 aliphatic heterocycles. The van der Waals surface area contributed by atoms with Crippen molar-refractivity contribution in [1.29, 1.82) is 0 Å². The summed E-state index contributed by atoms with van der Waals surface area (Å²) in [6.07, 6.45) is 2.53. The minimum absolute atomic E-state index is 0.279. The topological polar surface area (TPSA) is 32.3 Å². The largest absolute Gasteiger partial charge is 0.337 e. The van der Waals surface area contributed by atoms with E-state index in [4.69, 9.17) is 0 Å². The zero-order valence-electron chi connectivity index (χ0n) is 13.5. The lowest BCUT2D eigenvalue weighted by atomic mass is 9.95. The minimum Gasteiger partial charge on any atom is -0.337 e. The van der Waals surface area contributed by atoms with Crippen molar-refractivity contribution in [3.05, 3.63) is 35.9 Å². The Labute approximate surface area is 128 Å². The maximum absolute atomic E-state index is 12.5. The summed E-state index contributed by atoms with van der Waals surface area (Å²) >= 11 is 0. The first kappa shape index (κ1) is 16.0. The van der Waals surface area contributed by atoms with E-state index in [1.807, 2.05) is 6.07 Å². The summed E-state index contributed by atoms with van der Waals surface area (Å²) in [5.74, 6) is 0.866. The SMILES string of the molecule is CCCC(=O)N1CC(C(C)C)NCC1Cc1ccccc1. The molecule has 0 aliphatic carbocycles. The van der Waals surface area contributed by atoms with Gasteiger partial charge in [0.1, 0.15) is 0 Å². The Bertz CT molecular complexity index is 444. The van der Waals surface area contributed by atoms with Crippen molar-refractivity contribution in [2.45, 2.75) is 52.1 Å². The molecule has 1 aromatic carbocycles. The van der Waals surface area contributed by atoms with Crippen molar-refractivity contribution in [2.24, 2.45) is 5.92 Å². The highest BCUT2D eigenvalue weighted by molar-refractivity contribution is 5.76. The molecule has 0 saturated carbocycles. The Morgan fingerprint density at radius 3 is 2.67 bits per heavy atom. The number of hydrogen-bond acceptors (Lipinski definition) is 2. The molecule has 0 bridgehead atoms. The van der Waals surface area contributed by atoms with Crippen molar-refractivity contribution < 1.29 is 4.79 Å². The Kier molecular flexibility index (Phi) is 5.80. The molecule has 1 fully saturated rings. The number of rotatable bonds is 5. The van der Waals surface area contributed by atoms with Crippen molar-refractivity contribution in [2.75, 3.05) is 13.1 Å². The fourth-order valence-electron chi connectivity index (χ4n) is 3.00. The van der Waals surface area contributed by atoms with Crippen molar-refractivity contribution >= 4 is 5.91 Å². The number of benzene rings is 1. The zero-order chi connectivity index (χ0) is 15.2. The van der Waals surface area contributed by atoms with Gasteiger partial charge in [-0.2, -0.15) is 0 Å². The standard InChI is InChI=1S/C18H28N2O/c1-4-8-18(21)20-13-17(14(2)3)19-12-16(20)11-15-9-6-5-7-10-15/h5-7,9-10,14,16-17,19H,4,8,11-13H2,1-3H3. The van der Waals surface area contributed by atoms with Crippen LogP contribution < -0.4 is 5.32 Å². The lowest BCUT2D eigenvalue weighted by Crippen LogP contribution is -2.60. The third-order valence-electron chi connectivity index (χ3n) is 4.35. The van der Waals surface area contributed by atoms with Gasteiger partial charge in [0.15, 0.2) is 0 Å². The average Bonchev–Trinajstić information content (AvgIpc) is 2.48. The number of piperazine rings is 1. The van der Waals surface area contributed by atoms with Crippen LogP contribution >= 0.6 is 0 Å². The van der Waals surface area contributed by atoms with Crippen molar-refractivity contribution in [3.8, 4) is 0 Å². The zero-order valence-corrected chi connectivity index (χ0v) is 13.5. The molecule has 116 valence electrons. The fourth-order valence-corrected chi connectivity index (χ4v) is 3.00. The van der Waals surface area contributed by atoms with Gasteiger partial charge >= 0.3 is 0 Å². The summed E-state index contributed by atoms with van der Waals surface area (Å²) < 4.78 is 0. The highest BCUT2D eigenvalue weighted by atomic mass is 16.2. The van der Waals surface area contributed by atoms with Gasteiger partial charge in [-0.05, 0) is 24.3 Å². The molecular weight excluding hydrogens is 260 g/mol. The van der Waals surface area contributed by atoms with E-state index in [-0.39, 0.29) is 6.04 Å². The van der Waals surface area contributed by atoms with E-state index in [1.54, 1.807) is 0 Å². The van der Waals surface area contributed by atoms with Gasteiger partial charge < -0.3 is 10.2 Å². The van der Waals surface area contributed by atoms with E-state index in [0.717, 1.165) is 25.9 Å². The molecule has 0 spiro atoms.